The fourth-order valence-electron chi connectivity index (χ4n) is 4.22. The number of ether oxygens (including phenoxy) is 1. The summed E-state index contributed by atoms with van der Waals surface area (Å²) in [6, 6.07) is 7.66. The van der Waals surface area contributed by atoms with Crippen LogP contribution in [0.25, 0.3) is 0 Å². The molecule has 1 N–H and O–H groups in total. The molecule has 0 bridgehead atoms. The Morgan fingerprint density at radius 1 is 1.20 bits per heavy atom. The molecular formula is C19H24N2O4. The van der Waals surface area contributed by atoms with E-state index in [0.717, 1.165) is 32.1 Å². The molecule has 3 amide bonds. The van der Waals surface area contributed by atoms with Gasteiger partial charge in [-0.05, 0) is 43.2 Å². The number of hydrogen-bond donors (Lipinski definition) is 1. The molecule has 2 fully saturated rings. The van der Waals surface area contributed by atoms with E-state index in [0.29, 0.717) is 6.54 Å². The van der Waals surface area contributed by atoms with Gasteiger partial charge in [0.15, 0.2) is 0 Å². The van der Waals surface area contributed by atoms with E-state index >= 15 is 0 Å². The predicted octanol–water partition coefficient (Wildman–Crippen LogP) is 1.87. The molecule has 3 atom stereocenters. The standard InChI is InChI=1S/C19H24N2O4/c22-14(11-21-18(23)16-8-4-10-20(16)19(21)24)12-25-17-9-3-6-13-5-1-2-7-15(13)17/h1-2,5,7,14,16-17,22H,3-4,6,8-12H2/t14-,16-,17+/m0/s1. The van der Waals surface area contributed by atoms with Gasteiger partial charge in [-0.25, -0.2) is 4.79 Å². The van der Waals surface area contributed by atoms with Crippen molar-refractivity contribution in [1.82, 2.24) is 9.80 Å². The van der Waals surface area contributed by atoms with Crippen molar-refractivity contribution in [3.05, 3.63) is 35.4 Å². The molecule has 4 rings (SSSR count). The predicted molar refractivity (Wildman–Crippen MR) is 90.9 cm³/mol. The van der Waals surface area contributed by atoms with Crippen LogP contribution in [0.5, 0.6) is 0 Å². The molecule has 0 aromatic heterocycles. The number of aryl methyl sites for hydroxylation is 1. The lowest BCUT2D eigenvalue weighted by Gasteiger charge is -2.27. The van der Waals surface area contributed by atoms with E-state index in [4.69, 9.17) is 4.74 Å². The lowest BCUT2D eigenvalue weighted by Crippen LogP contribution is -2.40. The van der Waals surface area contributed by atoms with Crippen LogP contribution in [-0.4, -0.2) is 58.7 Å². The monoisotopic (exact) mass is 344 g/mol. The average Bonchev–Trinajstić information content (AvgIpc) is 3.20. The number of aliphatic hydroxyl groups excluding tert-OH is 1. The van der Waals surface area contributed by atoms with Gasteiger partial charge in [0.05, 0.1) is 25.4 Å². The summed E-state index contributed by atoms with van der Waals surface area (Å²) in [7, 11) is 0. The Morgan fingerprint density at radius 3 is 2.88 bits per heavy atom. The van der Waals surface area contributed by atoms with Crippen molar-refractivity contribution < 1.29 is 19.4 Å². The van der Waals surface area contributed by atoms with Gasteiger partial charge in [0.1, 0.15) is 6.04 Å². The fourth-order valence-corrected chi connectivity index (χ4v) is 4.22. The van der Waals surface area contributed by atoms with Crippen molar-refractivity contribution in [2.45, 2.75) is 50.4 Å². The van der Waals surface area contributed by atoms with Gasteiger partial charge < -0.3 is 14.7 Å². The molecule has 6 heteroatoms. The fraction of sp³-hybridized carbons (Fsp3) is 0.579. The molecule has 6 nitrogen and oxygen atoms in total. The molecule has 25 heavy (non-hydrogen) atoms. The Balaban J connectivity index is 1.34. The second-order valence-corrected chi connectivity index (χ2v) is 7.15. The van der Waals surface area contributed by atoms with Crippen molar-refractivity contribution in [2.75, 3.05) is 19.7 Å². The van der Waals surface area contributed by atoms with Gasteiger partial charge in [-0.2, -0.15) is 0 Å². The minimum atomic E-state index is -0.859. The zero-order chi connectivity index (χ0) is 17.4. The zero-order valence-corrected chi connectivity index (χ0v) is 14.3. The van der Waals surface area contributed by atoms with E-state index in [-0.39, 0.29) is 37.2 Å². The Hall–Kier alpha value is -1.92. The minimum Gasteiger partial charge on any atom is -0.389 e. The summed E-state index contributed by atoms with van der Waals surface area (Å²) < 4.78 is 5.93. The van der Waals surface area contributed by atoms with Crippen molar-refractivity contribution in [2.24, 2.45) is 0 Å². The van der Waals surface area contributed by atoms with Gasteiger partial charge in [-0.15, -0.1) is 0 Å². The third-order valence-electron chi connectivity index (χ3n) is 5.48. The molecule has 2 heterocycles. The van der Waals surface area contributed by atoms with E-state index in [1.54, 1.807) is 4.90 Å². The number of β-amino-alcohol motifs (C(OH)–C–C–N with tert-alkyl or cyclic N) is 1. The van der Waals surface area contributed by atoms with E-state index in [1.807, 2.05) is 12.1 Å². The van der Waals surface area contributed by atoms with Gasteiger partial charge in [0.2, 0.25) is 0 Å². The van der Waals surface area contributed by atoms with Crippen LogP contribution in [0.2, 0.25) is 0 Å². The molecule has 134 valence electrons. The number of carbonyl (C=O) groups is 2. The summed E-state index contributed by atoms with van der Waals surface area (Å²) in [6.45, 7) is 0.775. The Bertz CT molecular complexity index is 655. The van der Waals surface area contributed by atoms with Gasteiger partial charge in [0, 0.05) is 6.54 Å². The molecule has 0 spiro atoms. The average molecular weight is 344 g/mol. The Kier molecular flexibility index (Phi) is 4.48. The minimum absolute atomic E-state index is 0.0129. The largest absolute Gasteiger partial charge is 0.389 e. The molecule has 0 unspecified atom stereocenters. The maximum atomic E-state index is 12.3. The highest BCUT2D eigenvalue weighted by molar-refractivity contribution is 6.04. The smallest absolute Gasteiger partial charge is 0.327 e. The highest BCUT2D eigenvalue weighted by Gasteiger charge is 2.47. The van der Waals surface area contributed by atoms with Crippen molar-refractivity contribution in [3.8, 4) is 0 Å². The van der Waals surface area contributed by atoms with Crippen LogP contribution >= 0.6 is 0 Å². The van der Waals surface area contributed by atoms with Crippen LogP contribution in [0.3, 0.4) is 0 Å². The first-order valence-corrected chi connectivity index (χ1v) is 9.14. The molecule has 3 aliphatic rings. The number of carbonyl (C=O) groups excluding carboxylic acids is 2. The third kappa shape index (κ3) is 3.04. The lowest BCUT2D eigenvalue weighted by molar-refractivity contribution is -0.129. The topological polar surface area (TPSA) is 70.1 Å². The van der Waals surface area contributed by atoms with Crippen LogP contribution in [0.15, 0.2) is 24.3 Å². The van der Waals surface area contributed by atoms with Crippen LogP contribution in [0, 0.1) is 0 Å². The molecule has 2 aliphatic heterocycles. The summed E-state index contributed by atoms with van der Waals surface area (Å²) in [5.41, 5.74) is 2.49. The number of imide groups is 1. The summed E-state index contributed by atoms with van der Waals surface area (Å²) in [5, 5.41) is 10.3. The highest BCUT2D eigenvalue weighted by atomic mass is 16.5. The van der Waals surface area contributed by atoms with E-state index in [9.17, 15) is 14.7 Å². The van der Waals surface area contributed by atoms with Crippen LogP contribution in [0.1, 0.15) is 42.9 Å². The number of rotatable bonds is 5. The molecule has 1 aromatic rings. The Morgan fingerprint density at radius 2 is 2.04 bits per heavy atom. The first kappa shape index (κ1) is 16.5. The van der Waals surface area contributed by atoms with Crippen molar-refractivity contribution in [1.29, 1.82) is 0 Å². The number of urea groups is 1. The molecule has 2 saturated heterocycles. The first-order valence-electron chi connectivity index (χ1n) is 9.14. The number of aliphatic hydroxyl groups is 1. The number of hydrogen-bond acceptors (Lipinski definition) is 4. The quantitative estimate of drug-likeness (QED) is 0.828. The van der Waals surface area contributed by atoms with E-state index < -0.39 is 6.10 Å². The summed E-state index contributed by atoms with van der Waals surface area (Å²) in [5.74, 6) is -0.176. The third-order valence-corrected chi connectivity index (χ3v) is 5.48. The molecule has 0 radical (unpaired) electrons. The maximum absolute atomic E-state index is 12.3. The first-order chi connectivity index (χ1) is 12.1. The maximum Gasteiger partial charge on any atom is 0.327 e. The molecular weight excluding hydrogens is 320 g/mol. The number of amides is 3. The van der Waals surface area contributed by atoms with Crippen molar-refractivity contribution in [3.63, 3.8) is 0 Å². The van der Waals surface area contributed by atoms with Crippen LogP contribution in [0.4, 0.5) is 4.79 Å². The van der Waals surface area contributed by atoms with Gasteiger partial charge >= 0.3 is 6.03 Å². The summed E-state index contributed by atoms with van der Waals surface area (Å²) >= 11 is 0. The summed E-state index contributed by atoms with van der Waals surface area (Å²) in [6.07, 6.45) is 3.79. The molecule has 1 aliphatic carbocycles. The van der Waals surface area contributed by atoms with Crippen molar-refractivity contribution >= 4 is 11.9 Å². The molecule has 0 saturated carbocycles. The number of fused-ring (bicyclic) bond motifs is 2. The van der Waals surface area contributed by atoms with Crippen LogP contribution < -0.4 is 0 Å². The number of benzene rings is 1. The lowest BCUT2D eigenvalue weighted by atomic mass is 9.89. The Labute approximate surface area is 147 Å². The zero-order valence-electron chi connectivity index (χ0n) is 14.3. The second-order valence-electron chi connectivity index (χ2n) is 7.15. The van der Waals surface area contributed by atoms with Gasteiger partial charge in [-0.1, -0.05) is 24.3 Å². The normalized spacial score (nSPS) is 26.8. The summed E-state index contributed by atoms with van der Waals surface area (Å²) in [4.78, 5) is 27.4. The molecule has 1 aromatic carbocycles. The van der Waals surface area contributed by atoms with Gasteiger partial charge in [-0.3, -0.25) is 9.69 Å². The highest BCUT2D eigenvalue weighted by Crippen LogP contribution is 2.32. The van der Waals surface area contributed by atoms with Gasteiger partial charge in [0.25, 0.3) is 5.91 Å². The second kappa shape index (κ2) is 6.77. The van der Waals surface area contributed by atoms with Crippen LogP contribution in [-0.2, 0) is 16.0 Å². The SMILES string of the molecule is O=C1[C@@H]2CCCN2C(=O)N1C[C@H](O)CO[C@@H]1CCCc2ccccc21. The van der Waals surface area contributed by atoms with E-state index in [1.165, 1.54) is 16.0 Å². The van der Waals surface area contributed by atoms with E-state index in [2.05, 4.69) is 12.1 Å². The number of nitrogens with zero attached hydrogens (tertiary/aromatic N) is 2.